The van der Waals surface area contributed by atoms with Crippen LogP contribution in [0.15, 0.2) is 12.1 Å². The van der Waals surface area contributed by atoms with E-state index in [0.717, 1.165) is 6.42 Å². The van der Waals surface area contributed by atoms with Gasteiger partial charge in [-0.05, 0) is 18.6 Å². The average molecular weight is 108 g/mol. The SMILES string of the molecule is CCCc1cc[c][nH]1. The summed E-state index contributed by atoms with van der Waals surface area (Å²) < 4.78 is 0. The van der Waals surface area contributed by atoms with Crippen LogP contribution in [-0.2, 0) is 6.42 Å². The summed E-state index contributed by atoms with van der Waals surface area (Å²) in [7, 11) is 0. The van der Waals surface area contributed by atoms with E-state index in [-0.39, 0.29) is 0 Å². The summed E-state index contributed by atoms with van der Waals surface area (Å²) in [5.41, 5.74) is 1.28. The Hall–Kier alpha value is -0.720. The van der Waals surface area contributed by atoms with Crippen LogP contribution >= 0.6 is 0 Å². The minimum atomic E-state index is 1.14. The molecular weight excluding hydrogens is 98.1 g/mol. The number of aromatic nitrogens is 1. The molecule has 0 saturated heterocycles. The Morgan fingerprint density at radius 2 is 2.62 bits per heavy atom. The lowest BCUT2D eigenvalue weighted by Gasteiger charge is -1.87. The van der Waals surface area contributed by atoms with Crippen molar-refractivity contribution in [1.82, 2.24) is 4.98 Å². The van der Waals surface area contributed by atoms with E-state index in [1.54, 1.807) is 0 Å². The highest BCUT2D eigenvalue weighted by molar-refractivity contribution is 5.01. The van der Waals surface area contributed by atoms with Crippen LogP contribution in [0.25, 0.3) is 0 Å². The molecule has 0 fully saturated rings. The van der Waals surface area contributed by atoms with Crippen molar-refractivity contribution >= 4 is 0 Å². The standard InChI is InChI=1S/C7H10N/c1-2-4-7-5-3-6-8-7/h3,5,8H,2,4H2,1H3. The van der Waals surface area contributed by atoms with Gasteiger partial charge in [0.1, 0.15) is 0 Å². The van der Waals surface area contributed by atoms with Crippen molar-refractivity contribution in [3.05, 3.63) is 24.0 Å². The van der Waals surface area contributed by atoms with Gasteiger partial charge < -0.3 is 4.98 Å². The highest BCUT2D eigenvalue weighted by Gasteiger charge is 1.86. The number of hydrogen-bond donors (Lipinski definition) is 1. The van der Waals surface area contributed by atoms with Crippen LogP contribution in [0.3, 0.4) is 0 Å². The molecule has 0 amide bonds. The Balaban J connectivity index is 2.50. The second-order valence-electron chi connectivity index (χ2n) is 1.88. The van der Waals surface area contributed by atoms with Gasteiger partial charge in [0.05, 0.1) is 6.20 Å². The monoisotopic (exact) mass is 108 g/mol. The van der Waals surface area contributed by atoms with Crippen molar-refractivity contribution in [1.29, 1.82) is 0 Å². The molecular formula is C7H10N. The van der Waals surface area contributed by atoms with E-state index in [9.17, 15) is 0 Å². The summed E-state index contributed by atoms with van der Waals surface area (Å²) in [6, 6.07) is 3.97. The molecule has 1 aromatic heterocycles. The Kier molecular flexibility index (Phi) is 1.73. The number of aryl methyl sites for hydroxylation is 1. The first-order valence-electron chi connectivity index (χ1n) is 2.97. The maximum atomic E-state index is 3.01. The van der Waals surface area contributed by atoms with Crippen LogP contribution in [0.2, 0.25) is 0 Å². The van der Waals surface area contributed by atoms with Crippen molar-refractivity contribution in [2.24, 2.45) is 0 Å². The molecule has 1 N–H and O–H groups in total. The Morgan fingerprint density at radius 3 is 3.12 bits per heavy atom. The Morgan fingerprint density at radius 1 is 1.75 bits per heavy atom. The van der Waals surface area contributed by atoms with E-state index in [4.69, 9.17) is 0 Å². The van der Waals surface area contributed by atoms with E-state index in [2.05, 4.69) is 24.2 Å². The van der Waals surface area contributed by atoms with Crippen molar-refractivity contribution in [2.75, 3.05) is 0 Å². The number of hydrogen-bond acceptors (Lipinski definition) is 0. The van der Waals surface area contributed by atoms with Crippen LogP contribution < -0.4 is 0 Å². The third kappa shape index (κ3) is 1.12. The van der Waals surface area contributed by atoms with Gasteiger partial charge in [-0.15, -0.1) is 0 Å². The lowest BCUT2D eigenvalue weighted by molar-refractivity contribution is 0.892. The highest BCUT2D eigenvalue weighted by atomic mass is 14.7. The summed E-state index contributed by atoms with van der Waals surface area (Å²) in [6.07, 6.45) is 5.23. The summed E-state index contributed by atoms with van der Waals surface area (Å²) in [4.78, 5) is 3.01. The summed E-state index contributed by atoms with van der Waals surface area (Å²) in [5, 5.41) is 0. The van der Waals surface area contributed by atoms with Crippen molar-refractivity contribution in [3.63, 3.8) is 0 Å². The maximum absolute atomic E-state index is 3.01. The normalized spacial score (nSPS) is 9.62. The first-order valence-corrected chi connectivity index (χ1v) is 2.97. The summed E-state index contributed by atoms with van der Waals surface area (Å²) >= 11 is 0. The van der Waals surface area contributed by atoms with Gasteiger partial charge in [0.15, 0.2) is 0 Å². The van der Waals surface area contributed by atoms with Gasteiger partial charge in [-0.3, -0.25) is 0 Å². The number of nitrogens with one attached hydrogen (secondary N) is 1. The fourth-order valence-electron chi connectivity index (χ4n) is 0.733. The van der Waals surface area contributed by atoms with Gasteiger partial charge in [-0.25, -0.2) is 0 Å². The van der Waals surface area contributed by atoms with Gasteiger partial charge in [0, 0.05) is 5.69 Å². The predicted molar refractivity (Wildman–Crippen MR) is 33.6 cm³/mol. The number of H-pyrrole nitrogens is 1. The molecule has 0 aliphatic rings. The van der Waals surface area contributed by atoms with Gasteiger partial charge in [-0.2, -0.15) is 0 Å². The first kappa shape index (κ1) is 5.42. The zero-order valence-corrected chi connectivity index (χ0v) is 5.07. The van der Waals surface area contributed by atoms with Crippen LogP contribution in [0.5, 0.6) is 0 Å². The Labute approximate surface area is 49.7 Å². The molecule has 0 unspecified atom stereocenters. The molecule has 1 heteroatoms. The lowest BCUT2D eigenvalue weighted by Crippen LogP contribution is -1.79. The average Bonchev–Trinajstić information content (AvgIpc) is 2.19. The maximum Gasteiger partial charge on any atom is 0.0621 e. The minimum Gasteiger partial charge on any atom is -0.357 e. The van der Waals surface area contributed by atoms with Gasteiger partial charge in [-0.1, -0.05) is 13.3 Å². The molecule has 0 saturated carbocycles. The summed E-state index contributed by atoms with van der Waals surface area (Å²) in [6.45, 7) is 2.17. The van der Waals surface area contributed by atoms with Crippen LogP contribution in [0.4, 0.5) is 0 Å². The molecule has 0 atom stereocenters. The second-order valence-corrected chi connectivity index (χ2v) is 1.88. The Bertz CT molecular complexity index is 130. The van der Waals surface area contributed by atoms with E-state index >= 15 is 0 Å². The fourth-order valence-corrected chi connectivity index (χ4v) is 0.733. The molecule has 0 spiro atoms. The van der Waals surface area contributed by atoms with E-state index in [0.29, 0.717) is 0 Å². The third-order valence-corrected chi connectivity index (χ3v) is 1.12. The molecule has 1 nitrogen and oxygen atoms in total. The predicted octanol–water partition coefficient (Wildman–Crippen LogP) is 1.77. The topological polar surface area (TPSA) is 15.8 Å². The van der Waals surface area contributed by atoms with Crippen molar-refractivity contribution in [2.45, 2.75) is 19.8 Å². The molecule has 1 heterocycles. The zero-order chi connectivity index (χ0) is 5.82. The van der Waals surface area contributed by atoms with Gasteiger partial charge >= 0.3 is 0 Å². The van der Waals surface area contributed by atoms with E-state index in [1.807, 2.05) is 6.07 Å². The molecule has 1 rings (SSSR count). The molecule has 1 aromatic rings. The molecule has 43 valence electrons. The largest absolute Gasteiger partial charge is 0.357 e. The molecule has 0 bridgehead atoms. The molecule has 0 aromatic carbocycles. The first-order chi connectivity index (χ1) is 3.93. The minimum absolute atomic E-state index is 1.14. The van der Waals surface area contributed by atoms with E-state index < -0.39 is 0 Å². The van der Waals surface area contributed by atoms with Crippen molar-refractivity contribution in [3.8, 4) is 0 Å². The molecule has 1 radical (unpaired) electrons. The fraction of sp³-hybridized carbons (Fsp3) is 0.429. The van der Waals surface area contributed by atoms with Gasteiger partial charge in [0.2, 0.25) is 0 Å². The second kappa shape index (κ2) is 2.55. The number of rotatable bonds is 2. The van der Waals surface area contributed by atoms with Crippen LogP contribution in [0.1, 0.15) is 19.0 Å². The lowest BCUT2D eigenvalue weighted by atomic mass is 10.3. The zero-order valence-electron chi connectivity index (χ0n) is 5.07. The quantitative estimate of drug-likeness (QED) is 0.594. The molecule has 0 aliphatic heterocycles. The number of aromatic amines is 1. The van der Waals surface area contributed by atoms with Crippen LogP contribution in [-0.4, -0.2) is 4.98 Å². The van der Waals surface area contributed by atoms with Crippen LogP contribution in [0, 0.1) is 6.20 Å². The highest BCUT2D eigenvalue weighted by Crippen LogP contribution is 1.96. The summed E-state index contributed by atoms with van der Waals surface area (Å²) in [5.74, 6) is 0. The van der Waals surface area contributed by atoms with Gasteiger partial charge in [0.25, 0.3) is 0 Å². The smallest absolute Gasteiger partial charge is 0.0621 e. The third-order valence-electron chi connectivity index (χ3n) is 1.12. The van der Waals surface area contributed by atoms with E-state index in [1.165, 1.54) is 12.1 Å². The molecule has 8 heavy (non-hydrogen) atoms. The molecule has 0 aliphatic carbocycles. The van der Waals surface area contributed by atoms with Crippen molar-refractivity contribution < 1.29 is 0 Å².